The van der Waals surface area contributed by atoms with Crippen molar-refractivity contribution in [3.05, 3.63) is 64.0 Å². The molecule has 2 aromatic carbocycles. The van der Waals surface area contributed by atoms with Crippen LogP contribution in [-0.2, 0) is 9.59 Å². The molecule has 4 nitrogen and oxygen atoms in total. The molecule has 0 saturated heterocycles. The summed E-state index contributed by atoms with van der Waals surface area (Å²) in [6, 6.07) is 15.3. The number of hydrogen-bond acceptors (Lipinski definition) is 3. The second-order valence-corrected chi connectivity index (χ2v) is 9.48. The van der Waals surface area contributed by atoms with Gasteiger partial charge in [-0.25, -0.2) is 0 Å². The summed E-state index contributed by atoms with van der Waals surface area (Å²) in [6.45, 7) is 2.21. The minimum atomic E-state index is -0.152. The molecular formula is C24H25ClN2O2S. The van der Waals surface area contributed by atoms with Crippen LogP contribution in [0.3, 0.4) is 0 Å². The standard InChI is InChI=1S/C24H25ClN2O2S/c1-16-6-2-3-7-19(16)26-23(28)15-27-20-8-4-5-9-21(20)30-22(24(27)29)14-17-10-12-18(25)13-11-17/h4-5,8-14,16,19H,2-3,6-7,15H2,1H3,(H,26,28). The number of thioether (sulfide) groups is 1. The van der Waals surface area contributed by atoms with Gasteiger partial charge in [0.05, 0.1) is 10.6 Å². The van der Waals surface area contributed by atoms with Gasteiger partial charge in [0.15, 0.2) is 0 Å². The van der Waals surface area contributed by atoms with Crippen molar-refractivity contribution in [3.8, 4) is 0 Å². The summed E-state index contributed by atoms with van der Waals surface area (Å²) in [6.07, 6.45) is 6.37. The summed E-state index contributed by atoms with van der Waals surface area (Å²) in [5, 5.41) is 3.82. The first kappa shape index (κ1) is 21.0. The number of rotatable bonds is 4. The van der Waals surface area contributed by atoms with Crippen LogP contribution >= 0.6 is 23.4 Å². The number of nitrogens with zero attached hydrogens (tertiary/aromatic N) is 1. The molecule has 1 heterocycles. The predicted octanol–water partition coefficient (Wildman–Crippen LogP) is 5.51. The van der Waals surface area contributed by atoms with Crippen molar-refractivity contribution in [1.29, 1.82) is 0 Å². The lowest BCUT2D eigenvalue weighted by Crippen LogP contribution is -2.48. The third kappa shape index (κ3) is 4.73. The summed E-state index contributed by atoms with van der Waals surface area (Å²) in [7, 11) is 0. The molecule has 2 unspecified atom stereocenters. The van der Waals surface area contributed by atoms with Crippen molar-refractivity contribution < 1.29 is 9.59 Å². The number of benzene rings is 2. The van der Waals surface area contributed by atoms with E-state index in [2.05, 4.69) is 12.2 Å². The average Bonchev–Trinajstić information content (AvgIpc) is 2.74. The minimum absolute atomic E-state index is 0.0254. The first-order chi connectivity index (χ1) is 14.5. The molecule has 1 fully saturated rings. The van der Waals surface area contributed by atoms with Gasteiger partial charge in [-0.05, 0) is 54.7 Å². The van der Waals surface area contributed by atoms with Gasteiger partial charge < -0.3 is 5.32 Å². The molecule has 0 spiro atoms. The maximum absolute atomic E-state index is 13.3. The van der Waals surface area contributed by atoms with E-state index in [1.165, 1.54) is 18.2 Å². The smallest absolute Gasteiger partial charge is 0.265 e. The minimum Gasteiger partial charge on any atom is -0.352 e. The number of nitrogens with one attached hydrogen (secondary N) is 1. The second-order valence-electron chi connectivity index (χ2n) is 7.96. The molecule has 1 N–H and O–H groups in total. The maximum Gasteiger partial charge on any atom is 0.265 e. The Balaban J connectivity index is 1.56. The molecule has 4 rings (SSSR count). The van der Waals surface area contributed by atoms with Crippen LogP contribution in [0.5, 0.6) is 0 Å². The second kappa shape index (κ2) is 9.27. The van der Waals surface area contributed by atoms with Crippen LogP contribution in [0.1, 0.15) is 38.2 Å². The number of carbonyl (C=O) groups is 2. The van der Waals surface area contributed by atoms with E-state index >= 15 is 0 Å². The molecule has 0 bridgehead atoms. The van der Waals surface area contributed by atoms with Gasteiger partial charge >= 0.3 is 0 Å². The number of carbonyl (C=O) groups excluding carboxylic acids is 2. The molecule has 1 saturated carbocycles. The SMILES string of the molecule is CC1CCCCC1NC(=O)CN1C(=O)C(=Cc2ccc(Cl)cc2)Sc2ccccc21. The topological polar surface area (TPSA) is 49.4 Å². The highest BCUT2D eigenvalue weighted by atomic mass is 35.5. The van der Waals surface area contributed by atoms with E-state index in [0.717, 1.165) is 35.4 Å². The van der Waals surface area contributed by atoms with Crippen molar-refractivity contribution in [2.45, 2.75) is 43.5 Å². The van der Waals surface area contributed by atoms with Crippen molar-refractivity contribution >= 4 is 46.9 Å². The fraction of sp³-hybridized carbons (Fsp3) is 0.333. The first-order valence-electron chi connectivity index (χ1n) is 10.4. The summed E-state index contributed by atoms with van der Waals surface area (Å²) >= 11 is 7.41. The Morgan fingerprint density at radius 3 is 2.67 bits per heavy atom. The molecular weight excluding hydrogens is 416 g/mol. The Hall–Kier alpha value is -2.24. The van der Waals surface area contributed by atoms with Crippen molar-refractivity contribution in [3.63, 3.8) is 0 Å². The molecule has 1 aliphatic carbocycles. The molecule has 2 atom stereocenters. The Morgan fingerprint density at radius 2 is 1.90 bits per heavy atom. The van der Waals surface area contributed by atoms with Crippen molar-refractivity contribution in [1.82, 2.24) is 5.32 Å². The largest absolute Gasteiger partial charge is 0.352 e. The van der Waals surface area contributed by atoms with Gasteiger partial charge in [-0.2, -0.15) is 0 Å². The first-order valence-corrected chi connectivity index (χ1v) is 11.6. The molecule has 2 aromatic rings. The normalized spacial score (nSPS) is 22.7. The van der Waals surface area contributed by atoms with Gasteiger partial charge in [-0.15, -0.1) is 0 Å². The fourth-order valence-electron chi connectivity index (χ4n) is 4.06. The van der Waals surface area contributed by atoms with E-state index in [4.69, 9.17) is 11.6 Å². The molecule has 1 aliphatic heterocycles. The van der Waals surface area contributed by atoms with Gasteiger partial charge in [0, 0.05) is 16.0 Å². The number of para-hydroxylation sites is 1. The van der Waals surface area contributed by atoms with Crippen LogP contribution in [0.2, 0.25) is 5.02 Å². The van der Waals surface area contributed by atoms with Gasteiger partial charge in [-0.3, -0.25) is 14.5 Å². The predicted molar refractivity (Wildman–Crippen MR) is 124 cm³/mol. The lowest BCUT2D eigenvalue weighted by Gasteiger charge is -2.32. The fourth-order valence-corrected chi connectivity index (χ4v) is 5.24. The zero-order valence-corrected chi connectivity index (χ0v) is 18.5. The van der Waals surface area contributed by atoms with Crippen LogP contribution in [0, 0.1) is 5.92 Å². The van der Waals surface area contributed by atoms with Crippen molar-refractivity contribution in [2.24, 2.45) is 5.92 Å². The molecule has 6 heteroatoms. The summed E-state index contributed by atoms with van der Waals surface area (Å²) in [5.41, 5.74) is 1.68. The summed E-state index contributed by atoms with van der Waals surface area (Å²) < 4.78 is 0. The lowest BCUT2D eigenvalue weighted by atomic mass is 9.86. The molecule has 2 aliphatic rings. The van der Waals surface area contributed by atoms with Gasteiger partial charge in [0.1, 0.15) is 6.54 Å². The van der Waals surface area contributed by atoms with Crippen LogP contribution < -0.4 is 10.2 Å². The van der Waals surface area contributed by atoms with Crippen LogP contribution in [-0.4, -0.2) is 24.4 Å². The zero-order chi connectivity index (χ0) is 21.1. The number of anilines is 1. The third-order valence-electron chi connectivity index (χ3n) is 5.76. The van der Waals surface area contributed by atoms with Crippen LogP contribution in [0.25, 0.3) is 6.08 Å². The van der Waals surface area contributed by atoms with Crippen molar-refractivity contribution in [2.75, 3.05) is 11.4 Å². The van der Waals surface area contributed by atoms with E-state index in [-0.39, 0.29) is 24.4 Å². The maximum atomic E-state index is 13.3. The zero-order valence-electron chi connectivity index (χ0n) is 16.9. The average molecular weight is 441 g/mol. The monoisotopic (exact) mass is 440 g/mol. The van der Waals surface area contributed by atoms with E-state index in [1.54, 1.807) is 17.0 Å². The van der Waals surface area contributed by atoms with E-state index < -0.39 is 0 Å². The Kier molecular flexibility index (Phi) is 6.49. The molecule has 30 heavy (non-hydrogen) atoms. The van der Waals surface area contributed by atoms with Crippen LogP contribution in [0.15, 0.2) is 58.3 Å². The van der Waals surface area contributed by atoms with Gasteiger partial charge in [0.25, 0.3) is 5.91 Å². The van der Waals surface area contributed by atoms with E-state index in [9.17, 15) is 9.59 Å². The van der Waals surface area contributed by atoms with Gasteiger partial charge in [0.2, 0.25) is 5.91 Å². The molecule has 156 valence electrons. The lowest BCUT2D eigenvalue weighted by molar-refractivity contribution is -0.123. The molecule has 0 radical (unpaired) electrons. The number of amides is 2. The molecule has 2 amide bonds. The third-order valence-corrected chi connectivity index (χ3v) is 7.09. The molecule has 0 aromatic heterocycles. The summed E-state index contributed by atoms with van der Waals surface area (Å²) in [5.74, 6) is 0.220. The Bertz CT molecular complexity index is 973. The number of halogens is 1. The quantitative estimate of drug-likeness (QED) is 0.637. The Morgan fingerprint density at radius 1 is 1.17 bits per heavy atom. The van der Waals surface area contributed by atoms with E-state index in [1.807, 2.05) is 42.5 Å². The number of fused-ring (bicyclic) bond motifs is 1. The summed E-state index contributed by atoms with van der Waals surface area (Å²) in [4.78, 5) is 29.3. The highest BCUT2D eigenvalue weighted by Crippen LogP contribution is 2.42. The Labute approximate surface area is 186 Å². The highest BCUT2D eigenvalue weighted by Gasteiger charge is 2.31. The van der Waals surface area contributed by atoms with Gasteiger partial charge in [-0.1, -0.05) is 67.4 Å². The van der Waals surface area contributed by atoms with E-state index in [0.29, 0.717) is 15.8 Å². The van der Waals surface area contributed by atoms with Crippen LogP contribution in [0.4, 0.5) is 5.69 Å². The number of hydrogen-bond donors (Lipinski definition) is 1. The highest BCUT2D eigenvalue weighted by molar-refractivity contribution is 8.04.